The van der Waals surface area contributed by atoms with Crippen LogP contribution < -0.4 is 5.56 Å². The Kier molecular flexibility index (Phi) is 4.04. The summed E-state index contributed by atoms with van der Waals surface area (Å²) < 4.78 is 7.38. The molecule has 8 heteroatoms. The molecule has 4 heterocycles. The molecule has 0 saturated carbocycles. The molecule has 1 aliphatic heterocycles. The van der Waals surface area contributed by atoms with Crippen LogP contribution in [0, 0.1) is 13.8 Å². The monoisotopic (exact) mass is 353 g/mol. The van der Waals surface area contributed by atoms with E-state index in [1.54, 1.807) is 18.0 Å². The van der Waals surface area contributed by atoms with E-state index in [-0.39, 0.29) is 11.5 Å². The summed E-state index contributed by atoms with van der Waals surface area (Å²) in [6.45, 7) is 4.86. The van der Waals surface area contributed by atoms with Crippen LogP contribution in [0.2, 0.25) is 0 Å². The number of hydrogen-bond acceptors (Lipinski definition) is 5. The molecule has 1 amide bonds. The number of H-pyrrole nitrogens is 1. The van der Waals surface area contributed by atoms with Crippen LogP contribution in [-0.2, 0) is 4.74 Å². The summed E-state index contributed by atoms with van der Waals surface area (Å²) in [6.07, 6.45) is 3.66. The lowest BCUT2D eigenvalue weighted by atomic mass is 10.1. The number of amides is 1. The zero-order chi connectivity index (χ0) is 18.3. The highest BCUT2D eigenvalue weighted by molar-refractivity contribution is 5.93. The van der Waals surface area contributed by atoms with Crippen LogP contribution in [0.4, 0.5) is 0 Å². The number of imidazole rings is 1. The molecular formula is C18H19N5O3. The van der Waals surface area contributed by atoms with Gasteiger partial charge in [-0.1, -0.05) is 6.07 Å². The number of aryl methyl sites for hydroxylation is 2. The van der Waals surface area contributed by atoms with Crippen molar-refractivity contribution in [1.29, 1.82) is 0 Å². The summed E-state index contributed by atoms with van der Waals surface area (Å²) in [6, 6.07) is 4.84. The number of nitrogens with one attached hydrogen (secondary N) is 1. The average Bonchev–Trinajstić information content (AvgIpc) is 3.03. The Morgan fingerprint density at radius 3 is 2.92 bits per heavy atom. The Hall–Kier alpha value is -3.00. The summed E-state index contributed by atoms with van der Waals surface area (Å²) in [5, 5.41) is 0. The minimum absolute atomic E-state index is 0.195. The van der Waals surface area contributed by atoms with Crippen LogP contribution in [0.5, 0.6) is 0 Å². The van der Waals surface area contributed by atoms with Gasteiger partial charge in [-0.05, 0) is 25.5 Å². The number of hydrogen-bond donors (Lipinski definition) is 1. The van der Waals surface area contributed by atoms with Crippen molar-refractivity contribution >= 4 is 11.6 Å². The van der Waals surface area contributed by atoms with Crippen molar-refractivity contribution in [3.05, 3.63) is 63.7 Å². The van der Waals surface area contributed by atoms with Crippen molar-refractivity contribution in [1.82, 2.24) is 24.3 Å². The van der Waals surface area contributed by atoms with E-state index in [4.69, 9.17) is 4.74 Å². The quantitative estimate of drug-likeness (QED) is 0.748. The molecular weight excluding hydrogens is 334 g/mol. The summed E-state index contributed by atoms with van der Waals surface area (Å²) in [7, 11) is 0. The number of carbonyl (C=O) groups is 1. The molecule has 1 N–H and O–H groups in total. The first-order valence-electron chi connectivity index (χ1n) is 8.43. The fourth-order valence-corrected chi connectivity index (χ4v) is 3.22. The molecule has 3 aromatic rings. The number of morpholine rings is 1. The first-order chi connectivity index (χ1) is 12.5. The Bertz CT molecular complexity index is 1040. The molecule has 8 nitrogen and oxygen atoms in total. The molecule has 0 spiro atoms. The van der Waals surface area contributed by atoms with Crippen molar-refractivity contribution in [2.24, 2.45) is 0 Å². The van der Waals surface area contributed by atoms with Gasteiger partial charge in [-0.25, -0.2) is 9.97 Å². The lowest BCUT2D eigenvalue weighted by Gasteiger charge is -2.34. The Morgan fingerprint density at radius 2 is 2.12 bits per heavy atom. The van der Waals surface area contributed by atoms with E-state index in [1.807, 2.05) is 29.7 Å². The van der Waals surface area contributed by atoms with Crippen molar-refractivity contribution in [3.63, 3.8) is 0 Å². The standard InChI is InChI=1S/C18H19N5O3/c1-11-3-4-16-21-14(9-22(16)8-11)18(25)23-5-6-26-10-15(23)13-7-17(24)20-12(2)19-13/h3-4,7-9,15H,5-6,10H2,1-2H3,(H,19,20,24). The van der Waals surface area contributed by atoms with Crippen LogP contribution >= 0.6 is 0 Å². The van der Waals surface area contributed by atoms with Crippen LogP contribution in [-0.4, -0.2) is 49.9 Å². The van der Waals surface area contributed by atoms with Gasteiger partial charge in [0.05, 0.1) is 24.9 Å². The van der Waals surface area contributed by atoms with E-state index in [0.717, 1.165) is 5.56 Å². The fourth-order valence-electron chi connectivity index (χ4n) is 3.22. The maximum atomic E-state index is 13.1. The van der Waals surface area contributed by atoms with E-state index < -0.39 is 6.04 Å². The van der Waals surface area contributed by atoms with E-state index in [2.05, 4.69) is 15.0 Å². The number of carbonyl (C=O) groups excluding carboxylic acids is 1. The van der Waals surface area contributed by atoms with Gasteiger partial charge in [0.2, 0.25) is 0 Å². The second-order valence-electron chi connectivity index (χ2n) is 6.44. The molecule has 1 unspecified atom stereocenters. The fraction of sp³-hybridized carbons (Fsp3) is 0.333. The number of aromatic amines is 1. The van der Waals surface area contributed by atoms with Gasteiger partial charge in [-0.2, -0.15) is 0 Å². The molecule has 26 heavy (non-hydrogen) atoms. The summed E-state index contributed by atoms with van der Waals surface area (Å²) in [5.41, 5.74) is 2.45. The molecule has 1 atom stereocenters. The number of pyridine rings is 1. The third-order valence-electron chi connectivity index (χ3n) is 4.43. The first kappa shape index (κ1) is 16.5. The third-order valence-corrected chi connectivity index (χ3v) is 4.43. The molecule has 0 aromatic carbocycles. The molecule has 1 aliphatic rings. The molecule has 3 aromatic heterocycles. The smallest absolute Gasteiger partial charge is 0.274 e. The second-order valence-corrected chi connectivity index (χ2v) is 6.44. The highest BCUT2D eigenvalue weighted by Gasteiger charge is 2.32. The second kappa shape index (κ2) is 6.38. The van der Waals surface area contributed by atoms with Gasteiger partial charge in [0.1, 0.15) is 17.2 Å². The van der Waals surface area contributed by atoms with Crippen molar-refractivity contribution in [2.75, 3.05) is 19.8 Å². The third kappa shape index (κ3) is 2.99. The van der Waals surface area contributed by atoms with Crippen molar-refractivity contribution in [3.8, 4) is 0 Å². The number of nitrogens with zero attached hydrogens (tertiary/aromatic N) is 4. The first-order valence-corrected chi connectivity index (χ1v) is 8.43. The maximum Gasteiger partial charge on any atom is 0.274 e. The highest BCUT2D eigenvalue weighted by Crippen LogP contribution is 2.24. The molecule has 0 radical (unpaired) electrons. The molecule has 0 aliphatic carbocycles. The lowest BCUT2D eigenvalue weighted by molar-refractivity contribution is -0.00428. The predicted octanol–water partition coefficient (Wildman–Crippen LogP) is 1.25. The molecule has 1 fully saturated rings. The number of aromatic nitrogens is 4. The van der Waals surface area contributed by atoms with Crippen LogP contribution in [0.15, 0.2) is 35.4 Å². The van der Waals surface area contributed by atoms with Crippen LogP contribution in [0.25, 0.3) is 5.65 Å². The zero-order valence-electron chi connectivity index (χ0n) is 14.6. The van der Waals surface area contributed by atoms with E-state index >= 15 is 0 Å². The van der Waals surface area contributed by atoms with E-state index in [0.29, 0.717) is 42.6 Å². The van der Waals surface area contributed by atoms with Gasteiger partial charge < -0.3 is 19.0 Å². The van der Waals surface area contributed by atoms with Gasteiger partial charge in [0.15, 0.2) is 0 Å². The molecule has 0 bridgehead atoms. The maximum absolute atomic E-state index is 13.1. The number of ether oxygens (including phenoxy) is 1. The van der Waals surface area contributed by atoms with E-state index in [1.165, 1.54) is 6.07 Å². The summed E-state index contributed by atoms with van der Waals surface area (Å²) in [5.74, 6) is 0.313. The lowest BCUT2D eigenvalue weighted by Crippen LogP contribution is -2.44. The van der Waals surface area contributed by atoms with Crippen molar-refractivity contribution in [2.45, 2.75) is 19.9 Å². The summed E-state index contributed by atoms with van der Waals surface area (Å²) >= 11 is 0. The van der Waals surface area contributed by atoms with Crippen LogP contribution in [0.3, 0.4) is 0 Å². The minimum atomic E-state index is -0.413. The molecule has 134 valence electrons. The average molecular weight is 353 g/mol. The normalized spacial score (nSPS) is 17.6. The largest absolute Gasteiger partial charge is 0.377 e. The zero-order valence-corrected chi connectivity index (χ0v) is 14.6. The van der Waals surface area contributed by atoms with Gasteiger partial charge in [-0.15, -0.1) is 0 Å². The molecule has 1 saturated heterocycles. The molecule has 4 rings (SSSR count). The van der Waals surface area contributed by atoms with Gasteiger partial charge >= 0.3 is 0 Å². The Morgan fingerprint density at radius 1 is 1.27 bits per heavy atom. The van der Waals surface area contributed by atoms with Gasteiger partial charge in [0, 0.05) is 25.0 Å². The topological polar surface area (TPSA) is 92.6 Å². The van der Waals surface area contributed by atoms with Gasteiger partial charge in [0.25, 0.3) is 11.5 Å². The Balaban J connectivity index is 1.70. The SMILES string of the molecule is Cc1ccc2nc(C(=O)N3CCOCC3c3cc(=O)[nH]c(C)n3)cn2c1. The predicted molar refractivity (Wildman–Crippen MR) is 94.1 cm³/mol. The minimum Gasteiger partial charge on any atom is -0.377 e. The van der Waals surface area contributed by atoms with Crippen LogP contribution in [0.1, 0.15) is 33.6 Å². The Labute approximate surface area is 149 Å². The highest BCUT2D eigenvalue weighted by atomic mass is 16.5. The van der Waals surface area contributed by atoms with Crippen molar-refractivity contribution < 1.29 is 9.53 Å². The number of rotatable bonds is 2. The van der Waals surface area contributed by atoms with E-state index in [9.17, 15) is 9.59 Å². The number of fused-ring (bicyclic) bond motifs is 1. The summed E-state index contributed by atoms with van der Waals surface area (Å²) in [4.78, 5) is 38.0. The van der Waals surface area contributed by atoms with Gasteiger partial charge in [-0.3, -0.25) is 9.59 Å².